The summed E-state index contributed by atoms with van der Waals surface area (Å²) in [6.45, 7) is 4.14. The fraction of sp³-hybridized carbons (Fsp3) is 0.450. The van der Waals surface area contributed by atoms with Gasteiger partial charge in [0.15, 0.2) is 0 Å². The monoisotopic (exact) mass is 340 g/mol. The fourth-order valence-corrected chi connectivity index (χ4v) is 4.79. The van der Waals surface area contributed by atoms with E-state index in [1.165, 1.54) is 22.1 Å². The zero-order valence-electron chi connectivity index (χ0n) is 14.0. The second-order valence-corrected chi connectivity index (χ2v) is 8.15. The molecule has 2 aromatic carbocycles. The molecule has 1 spiro atoms. The molecule has 2 aliphatic rings. The molecule has 0 unspecified atom stereocenters. The summed E-state index contributed by atoms with van der Waals surface area (Å²) in [6.07, 6.45) is 3.60. The van der Waals surface area contributed by atoms with Gasteiger partial charge in [-0.1, -0.05) is 30.3 Å². The van der Waals surface area contributed by atoms with Crippen LogP contribution in [0.3, 0.4) is 0 Å². The van der Waals surface area contributed by atoms with Gasteiger partial charge >= 0.3 is 0 Å². The third kappa shape index (κ3) is 3.31. The van der Waals surface area contributed by atoms with Crippen molar-refractivity contribution in [3.05, 3.63) is 42.5 Å². The van der Waals surface area contributed by atoms with Gasteiger partial charge in [0.25, 0.3) is 0 Å². The third-order valence-electron chi connectivity index (χ3n) is 5.59. The minimum Gasteiger partial charge on any atom is -0.342 e. The summed E-state index contributed by atoms with van der Waals surface area (Å²) in [7, 11) is 0. The van der Waals surface area contributed by atoms with Crippen LogP contribution in [0.1, 0.15) is 19.3 Å². The summed E-state index contributed by atoms with van der Waals surface area (Å²) >= 11 is 1.66. The Morgan fingerprint density at radius 3 is 2.62 bits per heavy atom. The first kappa shape index (κ1) is 16.0. The molecule has 0 saturated carbocycles. The van der Waals surface area contributed by atoms with Gasteiger partial charge in [0.1, 0.15) is 0 Å². The van der Waals surface area contributed by atoms with E-state index >= 15 is 0 Å². The van der Waals surface area contributed by atoms with Crippen LogP contribution in [0.25, 0.3) is 10.8 Å². The highest BCUT2D eigenvalue weighted by Gasteiger charge is 2.37. The third-order valence-corrected chi connectivity index (χ3v) is 6.57. The summed E-state index contributed by atoms with van der Waals surface area (Å²) < 4.78 is 0. The molecule has 0 aromatic heterocycles. The predicted molar refractivity (Wildman–Crippen MR) is 100 cm³/mol. The van der Waals surface area contributed by atoms with Gasteiger partial charge in [0, 0.05) is 24.5 Å². The summed E-state index contributed by atoms with van der Waals surface area (Å²) in [6, 6.07) is 14.8. The van der Waals surface area contributed by atoms with Gasteiger partial charge in [0.2, 0.25) is 5.91 Å². The maximum absolute atomic E-state index is 12.5. The van der Waals surface area contributed by atoms with Crippen LogP contribution in [0.2, 0.25) is 0 Å². The molecular weight excluding hydrogens is 316 g/mol. The molecule has 126 valence electrons. The Hall–Kier alpha value is -1.52. The quantitative estimate of drug-likeness (QED) is 0.868. The van der Waals surface area contributed by atoms with Gasteiger partial charge in [-0.25, -0.2) is 0 Å². The topological polar surface area (TPSA) is 32.3 Å². The van der Waals surface area contributed by atoms with E-state index in [0.717, 1.165) is 39.0 Å². The minimum absolute atomic E-state index is 0.286. The number of rotatable bonds is 3. The average Bonchev–Trinajstić information content (AvgIpc) is 3.08. The molecule has 3 nitrogen and oxygen atoms in total. The number of piperidine rings is 1. The lowest BCUT2D eigenvalue weighted by atomic mass is 9.78. The van der Waals surface area contributed by atoms with E-state index in [1.54, 1.807) is 11.8 Å². The lowest BCUT2D eigenvalue weighted by molar-refractivity contribution is -0.130. The first-order valence-corrected chi connectivity index (χ1v) is 9.83. The van der Waals surface area contributed by atoms with Crippen LogP contribution < -0.4 is 5.32 Å². The van der Waals surface area contributed by atoms with Gasteiger partial charge in [-0.05, 0) is 54.1 Å². The van der Waals surface area contributed by atoms with Crippen molar-refractivity contribution < 1.29 is 4.79 Å². The van der Waals surface area contributed by atoms with Crippen molar-refractivity contribution in [2.75, 3.05) is 31.9 Å². The zero-order chi connectivity index (χ0) is 16.4. The number of fused-ring (bicyclic) bond motifs is 1. The Kier molecular flexibility index (Phi) is 4.51. The number of carbonyl (C=O) groups is 1. The SMILES string of the molecule is O=C(CSc1ccc2ccccc2c1)N1CCC2(CCNC2)CC1. The van der Waals surface area contributed by atoms with Crippen LogP contribution in [0, 0.1) is 5.41 Å². The standard InChI is InChI=1S/C20H24N2OS/c23-19(22-11-8-20(9-12-22)7-10-21-15-20)14-24-18-6-5-16-3-1-2-4-17(16)13-18/h1-6,13,21H,7-12,14-15H2. The second-order valence-electron chi connectivity index (χ2n) is 7.11. The van der Waals surface area contributed by atoms with Gasteiger partial charge in [0.05, 0.1) is 5.75 Å². The Labute approximate surface area is 147 Å². The highest BCUT2D eigenvalue weighted by atomic mass is 32.2. The predicted octanol–water partition coefficient (Wildman–Crippen LogP) is 3.53. The van der Waals surface area contributed by atoms with Crippen LogP contribution in [-0.4, -0.2) is 42.7 Å². The molecule has 0 atom stereocenters. The van der Waals surface area contributed by atoms with Gasteiger partial charge in [-0.2, -0.15) is 0 Å². The smallest absolute Gasteiger partial charge is 0.232 e. The molecule has 0 bridgehead atoms. The Balaban J connectivity index is 1.33. The van der Waals surface area contributed by atoms with Crippen LogP contribution >= 0.6 is 11.8 Å². The van der Waals surface area contributed by atoms with E-state index in [4.69, 9.17) is 0 Å². The van der Waals surface area contributed by atoms with Crippen molar-refractivity contribution in [3.63, 3.8) is 0 Å². The Morgan fingerprint density at radius 1 is 1.08 bits per heavy atom. The largest absolute Gasteiger partial charge is 0.342 e. The van der Waals surface area contributed by atoms with Crippen LogP contribution in [0.5, 0.6) is 0 Å². The van der Waals surface area contributed by atoms with Crippen molar-refractivity contribution in [1.82, 2.24) is 10.2 Å². The Morgan fingerprint density at radius 2 is 1.88 bits per heavy atom. The summed E-state index contributed by atoms with van der Waals surface area (Å²) in [5, 5.41) is 5.97. The molecule has 24 heavy (non-hydrogen) atoms. The van der Waals surface area contributed by atoms with Crippen molar-refractivity contribution in [3.8, 4) is 0 Å². The number of nitrogens with zero attached hydrogens (tertiary/aromatic N) is 1. The molecule has 1 amide bonds. The normalized spacial score (nSPS) is 19.9. The number of amides is 1. The number of benzene rings is 2. The number of hydrogen-bond donors (Lipinski definition) is 1. The van der Waals surface area contributed by atoms with Crippen LogP contribution in [0.15, 0.2) is 47.4 Å². The van der Waals surface area contributed by atoms with Gasteiger partial charge in [-0.15, -0.1) is 11.8 Å². The van der Waals surface area contributed by atoms with Crippen molar-refractivity contribution in [1.29, 1.82) is 0 Å². The molecule has 4 heteroatoms. The first-order chi connectivity index (χ1) is 11.7. The van der Waals surface area contributed by atoms with E-state index in [-0.39, 0.29) is 5.91 Å². The average molecular weight is 340 g/mol. The number of carbonyl (C=O) groups excluding carboxylic acids is 1. The van der Waals surface area contributed by atoms with E-state index in [1.807, 2.05) is 0 Å². The second kappa shape index (κ2) is 6.77. The molecular formula is C20H24N2OS. The summed E-state index contributed by atoms with van der Waals surface area (Å²) in [4.78, 5) is 15.8. The van der Waals surface area contributed by atoms with E-state index in [0.29, 0.717) is 11.2 Å². The number of hydrogen-bond acceptors (Lipinski definition) is 3. The number of nitrogens with one attached hydrogen (secondary N) is 1. The van der Waals surface area contributed by atoms with E-state index in [9.17, 15) is 4.79 Å². The zero-order valence-corrected chi connectivity index (χ0v) is 14.8. The Bertz CT molecular complexity index is 729. The fourth-order valence-electron chi connectivity index (χ4n) is 3.95. The maximum Gasteiger partial charge on any atom is 0.232 e. The highest BCUT2D eigenvalue weighted by Crippen LogP contribution is 2.37. The molecule has 1 N–H and O–H groups in total. The number of likely N-dealkylation sites (tertiary alicyclic amines) is 1. The lowest BCUT2D eigenvalue weighted by Crippen LogP contribution is -2.44. The van der Waals surface area contributed by atoms with E-state index in [2.05, 4.69) is 52.7 Å². The molecule has 0 radical (unpaired) electrons. The highest BCUT2D eigenvalue weighted by molar-refractivity contribution is 8.00. The minimum atomic E-state index is 0.286. The molecule has 2 aromatic rings. The molecule has 2 saturated heterocycles. The molecule has 4 rings (SSSR count). The molecule has 2 fully saturated rings. The van der Waals surface area contributed by atoms with Gasteiger partial charge < -0.3 is 10.2 Å². The lowest BCUT2D eigenvalue weighted by Gasteiger charge is -2.38. The molecule has 2 heterocycles. The number of thioether (sulfide) groups is 1. The van der Waals surface area contributed by atoms with Crippen LogP contribution in [0.4, 0.5) is 0 Å². The van der Waals surface area contributed by atoms with Gasteiger partial charge in [-0.3, -0.25) is 4.79 Å². The molecule has 0 aliphatic carbocycles. The molecule has 2 aliphatic heterocycles. The maximum atomic E-state index is 12.5. The summed E-state index contributed by atoms with van der Waals surface area (Å²) in [5.74, 6) is 0.831. The van der Waals surface area contributed by atoms with E-state index < -0.39 is 0 Å². The van der Waals surface area contributed by atoms with Crippen molar-refractivity contribution in [2.24, 2.45) is 5.41 Å². The summed E-state index contributed by atoms with van der Waals surface area (Å²) in [5.41, 5.74) is 0.474. The van der Waals surface area contributed by atoms with Crippen LogP contribution in [-0.2, 0) is 4.79 Å². The van der Waals surface area contributed by atoms with Crippen molar-refractivity contribution in [2.45, 2.75) is 24.2 Å². The first-order valence-electron chi connectivity index (χ1n) is 8.84. The van der Waals surface area contributed by atoms with Crippen molar-refractivity contribution >= 4 is 28.4 Å².